The Hall–Kier alpha value is -2.18. The molecule has 1 amide bonds. The molecule has 0 unspecified atom stereocenters. The minimum atomic E-state index is -3.62. The predicted octanol–water partition coefficient (Wildman–Crippen LogP) is 3.33. The molecule has 0 radical (unpaired) electrons. The maximum absolute atomic E-state index is 13.3. The second-order valence-electron chi connectivity index (χ2n) is 7.63. The van der Waals surface area contributed by atoms with Crippen LogP contribution < -0.4 is 5.32 Å². The number of amides is 1. The van der Waals surface area contributed by atoms with Gasteiger partial charge < -0.3 is 5.32 Å². The van der Waals surface area contributed by atoms with E-state index in [2.05, 4.69) is 5.32 Å². The van der Waals surface area contributed by atoms with E-state index in [0.29, 0.717) is 30.8 Å². The smallest absolute Gasteiger partial charge is 0.243 e. The highest BCUT2D eigenvalue weighted by molar-refractivity contribution is 7.89. The molecule has 0 aromatic heterocycles. The molecule has 28 heavy (non-hydrogen) atoms. The maximum atomic E-state index is 13.3. The molecule has 3 rings (SSSR count). The van der Waals surface area contributed by atoms with Gasteiger partial charge in [-0.15, -0.1) is 0 Å². The molecule has 1 saturated heterocycles. The fraction of sp³-hybridized carbons (Fsp3) is 0.409. The average Bonchev–Trinajstić information content (AvgIpc) is 2.66. The lowest BCUT2D eigenvalue weighted by Crippen LogP contribution is -2.45. The van der Waals surface area contributed by atoms with Crippen LogP contribution >= 0.6 is 0 Å². The first-order valence-electron chi connectivity index (χ1n) is 9.68. The number of carbonyl (C=O) groups is 1. The molecule has 1 aliphatic rings. The van der Waals surface area contributed by atoms with E-state index in [4.69, 9.17) is 0 Å². The van der Waals surface area contributed by atoms with Crippen LogP contribution in [0.4, 0.5) is 0 Å². The molecule has 1 N–H and O–H groups in total. The second-order valence-corrected chi connectivity index (χ2v) is 9.51. The molecule has 6 heteroatoms. The van der Waals surface area contributed by atoms with Crippen LogP contribution in [0.2, 0.25) is 0 Å². The molecule has 0 aliphatic carbocycles. The van der Waals surface area contributed by atoms with Gasteiger partial charge in [0.1, 0.15) is 0 Å². The molecule has 150 valence electrons. The number of benzene rings is 2. The number of hydrogen-bond donors (Lipinski definition) is 1. The summed E-state index contributed by atoms with van der Waals surface area (Å²) >= 11 is 0. The van der Waals surface area contributed by atoms with Crippen molar-refractivity contribution in [3.63, 3.8) is 0 Å². The average molecular weight is 401 g/mol. The molecular weight excluding hydrogens is 372 g/mol. The van der Waals surface area contributed by atoms with Crippen LogP contribution in [0.5, 0.6) is 0 Å². The van der Waals surface area contributed by atoms with Gasteiger partial charge >= 0.3 is 0 Å². The summed E-state index contributed by atoms with van der Waals surface area (Å²) in [5, 5.41) is 2.95. The molecule has 1 atom stereocenters. The predicted molar refractivity (Wildman–Crippen MR) is 110 cm³/mol. The Morgan fingerprint density at radius 3 is 2.39 bits per heavy atom. The number of rotatable bonds is 5. The van der Waals surface area contributed by atoms with Gasteiger partial charge in [-0.3, -0.25) is 4.79 Å². The number of nitrogens with zero attached hydrogens (tertiary/aromatic N) is 1. The fourth-order valence-corrected chi connectivity index (χ4v) is 5.94. The van der Waals surface area contributed by atoms with Gasteiger partial charge in [0, 0.05) is 19.6 Å². The van der Waals surface area contributed by atoms with E-state index < -0.39 is 10.0 Å². The number of sulfonamides is 1. The van der Waals surface area contributed by atoms with Gasteiger partial charge in [0.05, 0.1) is 10.8 Å². The number of hydrogen-bond acceptors (Lipinski definition) is 3. The van der Waals surface area contributed by atoms with Crippen LogP contribution in [0.3, 0.4) is 0 Å². The van der Waals surface area contributed by atoms with Crippen LogP contribution in [-0.2, 0) is 21.4 Å². The third-order valence-corrected chi connectivity index (χ3v) is 7.44. The van der Waals surface area contributed by atoms with Gasteiger partial charge in [-0.05, 0) is 50.3 Å². The summed E-state index contributed by atoms with van der Waals surface area (Å²) in [6.45, 7) is 6.78. The largest absolute Gasteiger partial charge is 0.352 e. The monoisotopic (exact) mass is 400 g/mol. The van der Waals surface area contributed by atoms with Gasteiger partial charge in [-0.2, -0.15) is 4.31 Å². The first kappa shape index (κ1) is 20.6. The van der Waals surface area contributed by atoms with Gasteiger partial charge in [-0.25, -0.2) is 8.42 Å². The van der Waals surface area contributed by atoms with Crippen molar-refractivity contribution in [2.24, 2.45) is 5.92 Å². The molecule has 2 aromatic rings. The van der Waals surface area contributed by atoms with E-state index in [1.54, 1.807) is 0 Å². The first-order chi connectivity index (χ1) is 13.3. The topological polar surface area (TPSA) is 66.5 Å². The minimum Gasteiger partial charge on any atom is -0.352 e. The lowest BCUT2D eigenvalue weighted by atomic mass is 9.99. The molecular formula is C22H28N2O3S. The van der Waals surface area contributed by atoms with Crippen molar-refractivity contribution < 1.29 is 13.2 Å². The van der Waals surface area contributed by atoms with Gasteiger partial charge in [0.15, 0.2) is 0 Å². The van der Waals surface area contributed by atoms with Crippen molar-refractivity contribution in [1.29, 1.82) is 0 Å². The Balaban J connectivity index is 1.73. The van der Waals surface area contributed by atoms with Gasteiger partial charge in [-0.1, -0.05) is 48.0 Å². The van der Waals surface area contributed by atoms with Gasteiger partial charge in [0.2, 0.25) is 15.9 Å². The van der Waals surface area contributed by atoms with E-state index >= 15 is 0 Å². The third kappa shape index (κ3) is 4.45. The first-order valence-corrected chi connectivity index (χ1v) is 11.1. The molecule has 1 aliphatic heterocycles. The Bertz CT molecular complexity index is 932. The summed E-state index contributed by atoms with van der Waals surface area (Å²) in [6, 6.07) is 13.5. The number of piperidine rings is 1. The highest BCUT2D eigenvalue weighted by Gasteiger charge is 2.34. The van der Waals surface area contributed by atoms with Crippen molar-refractivity contribution in [3.05, 3.63) is 64.7 Å². The van der Waals surface area contributed by atoms with Crippen molar-refractivity contribution in [2.75, 3.05) is 13.1 Å². The van der Waals surface area contributed by atoms with Crippen molar-refractivity contribution in [2.45, 2.75) is 45.1 Å². The van der Waals surface area contributed by atoms with Crippen LogP contribution in [0.15, 0.2) is 47.4 Å². The molecule has 0 saturated carbocycles. The molecule has 2 aromatic carbocycles. The second kappa shape index (κ2) is 8.45. The summed E-state index contributed by atoms with van der Waals surface area (Å²) in [7, 11) is -3.62. The molecule has 0 spiro atoms. The van der Waals surface area contributed by atoms with E-state index in [9.17, 15) is 13.2 Å². The SMILES string of the molecule is Cc1cc(C)c(S(=O)(=O)N2CCC[C@H](C(=O)NCc3ccccc3)C2)c(C)c1. The minimum absolute atomic E-state index is 0.0823. The third-order valence-electron chi connectivity index (χ3n) is 5.27. The van der Waals surface area contributed by atoms with Crippen LogP contribution in [0, 0.1) is 26.7 Å². The Labute approximate surface area is 167 Å². The summed E-state index contributed by atoms with van der Waals surface area (Å²) in [5.41, 5.74) is 3.59. The van der Waals surface area contributed by atoms with E-state index in [-0.39, 0.29) is 18.4 Å². The zero-order chi connectivity index (χ0) is 20.3. The standard InChI is InChI=1S/C22H28N2O3S/c1-16-12-17(2)21(18(3)13-16)28(26,27)24-11-7-10-20(15-24)22(25)23-14-19-8-5-4-6-9-19/h4-6,8-9,12-13,20H,7,10-11,14-15H2,1-3H3,(H,23,25)/t20-/m0/s1. The van der Waals surface area contributed by atoms with Crippen LogP contribution in [0.1, 0.15) is 35.1 Å². The normalized spacial score (nSPS) is 18.0. The zero-order valence-electron chi connectivity index (χ0n) is 16.7. The summed E-state index contributed by atoms with van der Waals surface area (Å²) in [4.78, 5) is 13.0. The summed E-state index contributed by atoms with van der Waals surface area (Å²) < 4.78 is 28.0. The Morgan fingerprint density at radius 1 is 1.11 bits per heavy atom. The van der Waals surface area contributed by atoms with Crippen LogP contribution in [-0.4, -0.2) is 31.7 Å². The maximum Gasteiger partial charge on any atom is 0.243 e. The Morgan fingerprint density at radius 2 is 1.75 bits per heavy atom. The van der Waals surface area contributed by atoms with Crippen molar-refractivity contribution in [1.82, 2.24) is 9.62 Å². The van der Waals surface area contributed by atoms with Crippen LogP contribution in [0.25, 0.3) is 0 Å². The van der Waals surface area contributed by atoms with E-state index in [1.807, 2.05) is 63.2 Å². The number of carbonyl (C=O) groups excluding carboxylic acids is 1. The summed E-state index contributed by atoms with van der Waals surface area (Å²) in [6.07, 6.45) is 1.39. The zero-order valence-corrected chi connectivity index (χ0v) is 17.6. The van der Waals surface area contributed by atoms with Gasteiger partial charge in [0.25, 0.3) is 0 Å². The molecule has 1 heterocycles. The van der Waals surface area contributed by atoms with Crippen molar-refractivity contribution >= 4 is 15.9 Å². The van der Waals surface area contributed by atoms with Crippen molar-refractivity contribution in [3.8, 4) is 0 Å². The molecule has 5 nitrogen and oxygen atoms in total. The molecule has 1 fully saturated rings. The highest BCUT2D eigenvalue weighted by atomic mass is 32.2. The van der Waals surface area contributed by atoms with E-state index in [1.165, 1.54) is 4.31 Å². The highest BCUT2D eigenvalue weighted by Crippen LogP contribution is 2.29. The number of nitrogens with one attached hydrogen (secondary N) is 1. The summed E-state index contributed by atoms with van der Waals surface area (Å²) in [5.74, 6) is -0.403. The Kier molecular flexibility index (Phi) is 6.20. The quantitative estimate of drug-likeness (QED) is 0.837. The number of aryl methyl sites for hydroxylation is 3. The lowest BCUT2D eigenvalue weighted by Gasteiger charge is -2.32. The lowest BCUT2D eigenvalue weighted by molar-refractivity contribution is -0.126. The molecule has 0 bridgehead atoms. The fourth-order valence-electron chi connectivity index (χ4n) is 4.01. The van der Waals surface area contributed by atoms with E-state index in [0.717, 1.165) is 22.3 Å².